The first kappa shape index (κ1) is 15.5. The fraction of sp³-hybridized carbons (Fsp3) is 0.333. The molecular weight excluding hydrogens is 357 g/mol. The van der Waals surface area contributed by atoms with Crippen LogP contribution in [0.25, 0.3) is 0 Å². The molecule has 0 heterocycles. The van der Waals surface area contributed by atoms with Crippen molar-refractivity contribution in [2.24, 2.45) is 0 Å². The summed E-state index contributed by atoms with van der Waals surface area (Å²) in [4.78, 5) is 0. The van der Waals surface area contributed by atoms with Crippen LogP contribution in [0.15, 0.2) is 48.5 Å². The molecule has 1 nitrogen and oxygen atoms in total. The minimum Gasteiger partial charge on any atom is -0.307 e. The Hall–Kier alpha value is -0.870. The Morgan fingerprint density at radius 3 is 2.35 bits per heavy atom. The van der Waals surface area contributed by atoms with E-state index >= 15 is 0 Å². The molecule has 106 valence electrons. The van der Waals surface area contributed by atoms with Crippen molar-refractivity contribution >= 4 is 22.6 Å². The van der Waals surface area contributed by atoms with Gasteiger partial charge in [-0.05, 0) is 64.4 Å². The Morgan fingerprint density at radius 1 is 1.00 bits per heavy atom. The lowest BCUT2D eigenvalue weighted by Gasteiger charge is -2.20. The van der Waals surface area contributed by atoms with E-state index in [9.17, 15) is 0 Å². The molecule has 20 heavy (non-hydrogen) atoms. The van der Waals surface area contributed by atoms with Crippen molar-refractivity contribution in [1.29, 1.82) is 0 Å². The van der Waals surface area contributed by atoms with Gasteiger partial charge in [0.25, 0.3) is 0 Å². The maximum absolute atomic E-state index is 3.61. The second-order valence-corrected chi connectivity index (χ2v) is 6.29. The number of hydrogen-bond acceptors (Lipinski definition) is 1. The van der Waals surface area contributed by atoms with Gasteiger partial charge in [-0.3, -0.25) is 0 Å². The number of halogens is 1. The molecule has 1 atom stereocenters. The van der Waals surface area contributed by atoms with Gasteiger partial charge in [0, 0.05) is 3.57 Å². The molecule has 2 rings (SSSR count). The number of nitrogens with one attached hydrogen (secondary N) is 1. The molecule has 0 aromatic heterocycles. The van der Waals surface area contributed by atoms with E-state index in [-0.39, 0.29) is 6.04 Å². The van der Waals surface area contributed by atoms with Crippen LogP contribution in [0.5, 0.6) is 0 Å². The summed E-state index contributed by atoms with van der Waals surface area (Å²) in [5.74, 6) is 0. The van der Waals surface area contributed by atoms with Gasteiger partial charge in [-0.25, -0.2) is 0 Å². The van der Waals surface area contributed by atoms with Crippen LogP contribution in [-0.4, -0.2) is 6.54 Å². The van der Waals surface area contributed by atoms with Gasteiger partial charge < -0.3 is 5.32 Å². The van der Waals surface area contributed by atoms with E-state index in [0.717, 1.165) is 13.0 Å². The Balaban J connectivity index is 2.35. The Bertz CT molecular complexity index is 551. The van der Waals surface area contributed by atoms with Crippen molar-refractivity contribution in [3.63, 3.8) is 0 Å². The van der Waals surface area contributed by atoms with Gasteiger partial charge in [0.2, 0.25) is 0 Å². The van der Waals surface area contributed by atoms with Crippen LogP contribution in [0.2, 0.25) is 0 Å². The third-order valence-corrected chi connectivity index (χ3v) is 4.08. The highest BCUT2D eigenvalue weighted by Gasteiger charge is 2.13. The fourth-order valence-corrected chi connectivity index (χ4v) is 3.10. The largest absolute Gasteiger partial charge is 0.307 e. The summed E-state index contributed by atoms with van der Waals surface area (Å²) in [5, 5.41) is 3.61. The zero-order chi connectivity index (χ0) is 14.4. The van der Waals surface area contributed by atoms with E-state index in [1.165, 1.54) is 26.7 Å². The van der Waals surface area contributed by atoms with Crippen LogP contribution < -0.4 is 5.32 Å². The molecule has 1 unspecified atom stereocenters. The van der Waals surface area contributed by atoms with Crippen molar-refractivity contribution in [1.82, 2.24) is 5.32 Å². The van der Waals surface area contributed by atoms with Crippen molar-refractivity contribution in [3.05, 3.63) is 68.8 Å². The van der Waals surface area contributed by atoms with Gasteiger partial charge in [-0.15, -0.1) is 0 Å². The summed E-state index contributed by atoms with van der Waals surface area (Å²) in [6.45, 7) is 5.36. The molecule has 0 saturated carbocycles. The normalized spacial score (nSPS) is 12.3. The predicted octanol–water partition coefficient (Wildman–Crippen LogP) is 4.94. The van der Waals surface area contributed by atoms with Crippen molar-refractivity contribution in [3.8, 4) is 0 Å². The zero-order valence-corrected chi connectivity index (χ0v) is 14.4. The van der Waals surface area contributed by atoms with E-state index in [4.69, 9.17) is 0 Å². The van der Waals surface area contributed by atoms with Crippen LogP contribution in [0.3, 0.4) is 0 Å². The summed E-state index contributed by atoms with van der Waals surface area (Å²) in [5.41, 5.74) is 4.13. The quantitative estimate of drug-likeness (QED) is 0.701. The van der Waals surface area contributed by atoms with Crippen LogP contribution in [0.4, 0.5) is 0 Å². The van der Waals surface area contributed by atoms with Gasteiger partial charge in [0.1, 0.15) is 0 Å². The number of rotatable bonds is 6. The molecule has 0 amide bonds. The topological polar surface area (TPSA) is 12.0 Å². The highest BCUT2D eigenvalue weighted by Crippen LogP contribution is 2.24. The molecule has 2 aromatic carbocycles. The SMILES string of the molecule is CCCc1cccc(C(NCC)c2cccc(I)c2)c1. The molecule has 0 bridgehead atoms. The van der Waals surface area contributed by atoms with Gasteiger partial charge in [-0.2, -0.15) is 0 Å². The molecule has 0 fully saturated rings. The van der Waals surface area contributed by atoms with Crippen LogP contribution in [0.1, 0.15) is 43.0 Å². The van der Waals surface area contributed by atoms with E-state index in [2.05, 4.69) is 90.3 Å². The molecule has 0 spiro atoms. The van der Waals surface area contributed by atoms with Gasteiger partial charge in [-0.1, -0.05) is 56.7 Å². The van der Waals surface area contributed by atoms with Crippen LogP contribution in [0, 0.1) is 3.57 Å². The van der Waals surface area contributed by atoms with Crippen molar-refractivity contribution in [2.45, 2.75) is 32.7 Å². The van der Waals surface area contributed by atoms with Crippen LogP contribution >= 0.6 is 22.6 Å². The summed E-state index contributed by atoms with van der Waals surface area (Å²) in [6.07, 6.45) is 2.34. The second-order valence-electron chi connectivity index (χ2n) is 5.04. The minimum absolute atomic E-state index is 0.284. The lowest BCUT2D eigenvalue weighted by atomic mass is 9.96. The number of benzene rings is 2. The highest BCUT2D eigenvalue weighted by molar-refractivity contribution is 14.1. The summed E-state index contributed by atoms with van der Waals surface area (Å²) >= 11 is 2.38. The highest BCUT2D eigenvalue weighted by atomic mass is 127. The number of hydrogen-bond donors (Lipinski definition) is 1. The van der Waals surface area contributed by atoms with Gasteiger partial charge in [0.05, 0.1) is 6.04 Å². The molecule has 1 N–H and O–H groups in total. The monoisotopic (exact) mass is 379 g/mol. The molecule has 0 aliphatic heterocycles. The second kappa shape index (κ2) is 7.79. The van der Waals surface area contributed by atoms with E-state index in [1.54, 1.807) is 0 Å². The summed E-state index contributed by atoms with van der Waals surface area (Å²) in [7, 11) is 0. The third kappa shape index (κ3) is 4.06. The average molecular weight is 379 g/mol. The van der Waals surface area contributed by atoms with Crippen molar-refractivity contribution < 1.29 is 0 Å². The summed E-state index contributed by atoms with van der Waals surface area (Å²) in [6, 6.07) is 18.0. The van der Waals surface area contributed by atoms with E-state index < -0.39 is 0 Å². The van der Waals surface area contributed by atoms with E-state index in [0.29, 0.717) is 0 Å². The standard InChI is InChI=1S/C18H22IN/c1-3-7-14-8-5-9-15(12-14)18(20-4-2)16-10-6-11-17(19)13-16/h5-6,8-13,18,20H,3-4,7H2,1-2H3. The van der Waals surface area contributed by atoms with Crippen molar-refractivity contribution in [2.75, 3.05) is 6.54 Å². The zero-order valence-electron chi connectivity index (χ0n) is 12.2. The average Bonchev–Trinajstić information content (AvgIpc) is 2.45. The smallest absolute Gasteiger partial charge is 0.0577 e. The molecule has 0 aliphatic carbocycles. The third-order valence-electron chi connectivity index (χ3n) is 3.41. The van der Waals surface area contributed by atoms with Gasteiger partial charge in [0.15, 0.2) is 0 Å². The Morgan fingerprint density at radius 2 is 1.70 bits per heavy atom. The lowest BCUT2D eigenvalue weighted by Crippen LogP contribution is -2.22. The van der Waals surface area contributed by atoms with Gasteiger partial charge >= 0.3 is 0 Å². The molecule has 0 saturated heterocycles. The Kier molecular flexibility index (Phi) is 6.05. The first-order chi connectivity index (χ1) is 9.74. The summed E-state index contributed by atoms with van der Waals surface area (Å²) < 4.78 is 1.28. The maximum Gasteiger partial charge on any atom is 0.0577 e. The first-order valence-electron chi connectivity index (χ1n) is 7.32. The minimum atomic E-state index is 0.284. The molecule has 2 aromatic rings. The molecule has 2 heteroatoms. The Labute approximate surface area is 135 Å². The molecule has 0 radical (unpaired) electrons. The van der Waals surface area contributed by atoms with E-state index in [1.807, 2.05) is 0 Å². The molecule has 0 aliphatic rings. The van der Waals surface area contributed by atoms with Crippen LogP contribution in [-0.2, 0) is 6.42 Å². The number of aryl methyl sites for hydroxylation is 1. The fourth-order valence-electron chi connectivity index (χ4n) is 2.54. The lowest BCUT2D eigenvalue weighted by molar-refractivity contribution is 0.629. The first-order valence-corrected chi connectivity index (χ1v) is 8.40. The predicted molar refractivity (Wildman–Crippen MR) is 95.1 cm³/mol. The molecular formula is C18H22IN. The maximum atomic E-state index is 3.61.